The van der Waals surface area contributed by atoms with Crippen LogP contribution >= 0.6 is 22.7 Å². The fourth-order valence-corrected chi connectivity index (χ4v) is 7.07. The molecule has 0 N–H and O–H groups in total. The van der Waals surface area contributed by atoms with Crippen molar-refractivity contribution < 1.29 is 18.3 Å². The largest absolute Gasteiger partial charge is 0.464 e. The van der Waals surface area contributed by atoms with Crippen LogP contribution in [0.1, 0.15) is 71.4 Å². The van der Waals surface area contributed by atoms with Crippen LogP contribution in [0.2, 0.25) is 0 Å². The number of fused-ring (bicyclic) bond motifs is 2. The summed E-state index contributed by atoms with van der Waals surface area (Å²) in [6.45, 7) is 5.00. The number of benzene rings is 1. The van der Waals surface area contributed by atoms with Crippen molar-refractivity contribution >= 4 is 38.7 Å². The van der Waals surface area contributed by atoms with Crippen LogP contribution in [0, 0.1) is 18.8 Å². The molecule has 5 nitrogen and oxygen atoms in total. The average Bonchev–Trinajstić information content (AvgIpc) is 3.42. The number of ether oxygens (including phenoxy) is 1. The predicted molar refractivity (Wildman–Crippen MR) is 141 cm³/mol. The first-order chi connectivity index (χ1) is 17.2. The first kappa shape index (κ1) is 25.7. The van der Waals surface area contributed by atoms with E-state index in [9.17, 15) is 13.6 Å². The second-order valence-electron chi connectivity index (χ2n) is 10.5. The highest BCUT2D eigenvalue weighted by Crippen LogP contribution is 2.35. The highest BCUT2D eigenvalue weighted by Gasteiger charge is 2.27. The van der Waals surface area contributed by atoms with E-state index in [-0.39, 0.29) is 5.78 Å². The Labute approximate surface area is 218 Å². The number of carbonyl (C=O) groups excluding carboxylic acids is 1. The molecule has 9 heteroatoms. The molecule has 194 valence electrons. The van der Waals surface area contributed by atoms with Crippen molar-refractivity contribution in [2.45, 2.75) is 71.3 Å². The minimum Gasteiger partial charge on any atom is -0.464 e. The van der Waals surface area contributed by atoms with Gasteiger partial charge < -0.3 is 4.74 Å². The molecule has 0 spiro atoms. The van der Waals surface area contributed by atoms with E-state index in [0.29, 0.717) is 23.5 Å². The Balaban J connectivity index is 1.04. The molecule has 0 unspecified atom stereocenters. The monoisotopic (exact) mass is 533 g/mol. The third-order valence-corrected chi connectivity index (χ3v) is 9.37. The second-order valence-corrected chi connectivity index (χ2v) is 12.7. The van der Waals surface area contributed by atoms with E-state index >= 15 is 0 Å². The van der Waals surface area contributed by atoms with Gasteiger partial charge in [0.25, 0.3) is 11.1 Å². The summed E-state index contributed by atoms with van der Waals surface area (Å²) in [5.41, 5.74) is 2.70. The molecule has 0 atom stereocenters. The minimum absolute atomic E-state index is 0.240. The normalized spacial score (nSPS) is 21.0. The number of Topliss-reactive ketones (excluding diaryl/α,β-unsaturated/α-hetero) is 1. The summed E-state index contributed by atoms with van der Waals surface area (Å²) < 4.78 is 32.5. The smallest absolute Gasteiger partial charge is 0.278 e. The van der Waals surface area contributed by atoms with Gasteiger partial charge in [0.1, 0.15) is 0 Å². The highest BCUT2D eigenvalue weighted by atomic mass is 32.1. The van der Waals surface area contributed by atoms with Crippen molar-refractivity contribution in [1.29, 1.82) is 0 Å². The van der Waals surface area contributed by atoms with E-state index in [1.54, 1.807) is 11.3 Å². The maximum atomic E-state index is 13.1. The van der Waals surface area contributed by atoms with Gasteiger partial charge in [-0.05, 0) is 69.2 Å². The summed E-state index contributed by atoms with van der Waals surface area (Å²) in [4.78, 5) is 25.5. The molecule has 0 radical (unpaired) electrons. The number of nitrogens with zero attached hydrogens (tertiary/aromatic N) is 3. The van der Waals surface area contributed by atoms with Crippen molar-refractivity contribution in [3.8, 4) is 5.19 Å². The Morgan fingerprint density at radius 2 is 1.94 bits per heavy atom. The molecular formula is C27H33F2N3O2S2. The maximum absolute atomic E-state index is 13.1. The molecule has 0 amide bonds. The van der Waals surface area contributed by atoms with Gasteiger partial charge in [-0.3, -0.25) is 9.69 Å². The van der Waals surface area contributed by atoms with Gasteiger partial charge in [-0.2, -0.15) is 0 Å². The van der Waals surface area contributed by atoms with E-state index in [2.05, 4.69) is 14.9 Å². The van der Waals surface area contributed by atoms with Gasteiger partial charge in [-0.25, -0.2) is 18.7 Å². The van der Waals surface area contributed by atoms with Gasteiger partial charge in [-0.1, -0.05) is 24.2 Å². The van der Waals surface area contributed by atoms with E-state index in [1.165, 1.54) is 24.2 Å². The molecule has 2 aliphatic rings. The number of thiazole rings is 2. The van der Waals surface area contributed by atoms with Gasteiger partial charge in [0, 0.05) is 36.9 Å². The lowest BCUT2D eigenvalue weighted by molar-refractivity contribution is -0.0230. The number of halogens is 2. The van der Waals surface area contributed by atoms with Gasteiger partial charge >= 0.3 is 0 Å². The van der Waals surface area contributed by atoms with Crippen LogP contribution in [0.25, 0.3) is 10.2 Å². The van der Waals surface area contributed by atoms with E-state index in [0.717, 1.165) is 83.6 Å². The van der Waals surface area contributed by atoms with Gasteiger partial charge in [-0.15, -0.1) is 11.3 Å². The number of aryl methyl sites for hydroxylation is 1. The molecular weight excluding hydrogens is 500 g/mol. The Bertz CT molecular complexity index is 1210. The van der Waals surface area contributed by atoms with Crippen molar-refractivity contribution in [2.24, 2.45) is 11.8 Å². The van der Waals surface area contributed by atoms with E-state index in [4.69, 9.17) is 4.74 Å². The van der Waals surface area contributed by atoms with Crippen molar-refractivity contribution in [3.05, 3.63) is 39.3 Å². The molecule has 0 bridgehead atoms. The second kappa shape index (κ2) is 10.8. The molecule has 36 heavy (non-hydrogen) atoms. The molecule has 0 saturated heterocycles. The number of ketones is 1. The molecule has 3 heterocycles. The van der Waals surface area contributed by atoms with Gasteiger partial charge in [0.15, 0.2) is 12.4 Å². The summed E-state index contributed by atoms with van der Waals surface area (Å²) in [6, 6.07) is 5.93. The molecule has 3 aromatic rings. The zero-order valence-electron chi connectivity index (χ0n) is 20.9. The summed E-state index contributed by atoms with van der Waals surface area (Å²) in [5, 5.41) is 1.39. The standard InChI is InChI=1S/C27H33F2N3O2S2/c1-17-30-21-14-20(7-8-24(21)35-17)23(33)13-19-5-3-18(4-6-19)9-11-32-12-10-25-22(15-32)31-26(36-25)34-16-27(2,28)29/h7-8,14,18-19H,3-6,9-13,15-16H2,1-2H3. The zero-order valence-corrected chi connectivity index (χ0v) is 22.5. The minimum atomic E-state index is -2.85. The first-order valence-corrected chi connectivity index (χ1v) is 14.5. The molecule has 1 aliphatic carbocycles. The number of alkyl halides is 2. The summed E-state index contributed by atoms with van der Waals surface area (Å²) in [7, 11) is 0. The van der Waals surface area contributed by atoms with Crippen LogP contribution in [-0.2, 0) is 13.0 Å². The van der Waals surface area contributed by atoms with Gasteiger partial charge in [0.2, 0.25) is 0 Å². The lowest BCUT2D eigenvalue weighted by atomic mass is 9.78. The van der Waals surface area contributed by atoms with E-state index < -0.39 is 12.5 Å². The van der Waals surface area contributed by atoms with Crippen molar-refractivity contribution in [1.82, 2.24) is 14.9 Å². The SMILES string of the molecule is Cc1nc2cc(C(=O)CC3CCC(CCN4CCc5sc(OCC(C)(F)F)nc5C4)CC3)ccc2s1. The number of hydrogen-bond acceptors (Lipinski definition) is 7. The molecule has 1 saturated carbocycles. The lowest BCUT2D eigenvalue weighted by Gasteiger charge is -2.31. The number of rotatable bonds is 9. The van der Waals surface area contributed by atoms with Crippen LogP contribution in [0.5, 0.6) is 5.19 Å². The van der Waals surface area contributed by atoms with Gasteiger partial charge in [0.05, 0.1) is 20.9 Å². The Morgan fingerprint density at radius 3 is 2.72 bits per heavy atom. The van der Waals surface area contributed by atoms with Crippen molar-refractivity contribution in [3.63, 3.8) is 0 Å². The summed E-state index contributed by atoms with van der Waals surface area (Å²) >= 11 is 3.07. The number of aromatic nitrogens is 2. The summed E-state index contributed by atoms with van der Waals surface area (Å²) in [6.07, 6.45) is 7.29. The van der Waals surface area contributed by atoms with E-state index in [1.807, 2.05) is 25.1 Å². The average molecular weight is 534 g/mol. The van der Waals surface area contributed by atoms with Crippen LogP contribution < -0.4 is 4.74 Å². The third kappa shape index (κ3) is 6.47. The third-order valence-electron chi connectivity index (χ3n) is 7.35. The van der Waals surface area contributed by atoms with Crippen LogP contribution in [-0.4, -0.2) is 46.3 Å². The van der Waals surface area contributed by atoms with Crippen LogP contribution in [0.15, 0.2) is 18.2 Å². The molecule has 1 aromatic carbocycles. The topological polar surface area (TPSA) is 55.3 Å². The molecule has 1 aliphatic heterocycles. The maximum Gasteiger partial charge on any atom is 0.278 e. The van der Waals surface area contributed by atoms with Crippen molar-refractivity contribution in [2.75, 3.05) is 19.7 Å². The fourth-order valence-electron chi connectivity index (χ4n) is 5.36. The highest BCUT2D eigenvalue weighted by molar-refractivity contribution is 7.18. The fraction of sp³-hybridized carbons (Fsp3) is 0.593. The molecule has 5 rings (SSSR count). The summed E-state index contributed by atoms with van der Waals surface area (Å²) in [5.74, 6) is -1.43. The molecule has 2 aromatic heterocycles. The predicted octanol–water partition coefficient (Wildman–Crippen LogP) is 6.92. The Morgan fingerprint density at radius 1 is 1.17 bits per heavy atom. The van der Waals surface area contributed by atoms with Crippen LogP contribution in [0.3, 0.4) is 0 Å². The molecule has 1 fully saturated rings. The lowest BCUT2D eigenvalue weighted by Crippen LogP contribution is -2.32. The number of carbonyl (C=O) groups is 1. The first-order valence-electron chi connectivity index (χ1n) is 12.8. The Hall–Kier alpha value is -1.97. The Kier molecular flexibility index (Phi) is 7.70. The quantitative estimate of drug-likeness (QED) is 0.279. The number of hydrogen-bond donors (Lipinski definition) is 0. The van der Waals surface area contributed by atoms with Crippen LogP contribution in [0.4, 0.5) is 8.78 Å². The zero-order chi connectivity index (χ0) is 25.3.